The monoisotopic (exact) mass is 291 g/mol. The molecule has 0 aliphatic rings. The average Bonchev–Trinajstić information content (AvgIpc) is 2.45. The summed E-state index contributed by atoms with van der Waals surface area (Å²) in [7, 11) is 0. The number of hydrogen-bond donors (Lipinski definition) is 0. The number of carbonyl (C=O) groups is 1. The number of alkyl halides is 3. The molecule has 7 heteroatoms. The van der Waals surface area contributed by atoms with E-state index >= 15 is 0 Å². The number of ketones is 1. The van der Waals surface area contributed by atoms with Gasteiger partial charge in [-0.1, -0.05) is 12.1 Å². The van der Waals surface area contributed by atoms with E-state index < -0.39 is 23.2 Å². The fourth-order valence-electron chi connectivity index (χ4n) is 1.76. The Kier molecular flexibility index (Phi) is 3.72. The standard InChI is InChI=1S/C14H8F3N3O/c1-8(21)13-11(14(15,16)17)6-12(19-20-13)10-4-2-3-9(5-10)7-18/h2-6H,1H3. The van der Waals surface area contributed by atoms with Gasteiger partial charge in [-0.2, -0.15) is 18.4 Å². The average molecular weight is 291 g/mol. The Morgan fingerprint density at radius 2 is 1.95 bits per heavy atom. The van der Waals surface area contributed by atoms with E-state index in [2.05, 4.69) is 10.2 Å². The van der Waals surface area contributed by atoms with Crippen molar-refractivity contribution >= 4 is 5.78 Å². The van der Waals surface area contributed by atoms with Crippen LogP contribution in [-0.4, -0.2) is 16.0 Å². The summed E-state index contributed by atoms with van der Waals surface area (Å²) in [6.45, 7) is 0.995. The molecule has 1 heterocycles. The topological polar surface area (TPSA) is 66.6 Å². The van der Waals surface area contributed by atoms with Gasteiger partial charge in [0.1, 0.15) is 5.69 Å². The molecule has 4 nitrogen and oxygen atoms in total. The van der Waals surface area contributed by atoms with Gasteiger partial charge in [0, 0.05) is 12.5 Å². The molecule has 0 spiro atoms. The van der Waals surface area contributed by atoms with E-state index in [1.807, 2.05) is 6.07 Å². The number of rotatable bonds is 2. The summed E-state index contributed by atoms with van der Waals surface area (Å²) in [5.74, 6) is -0.813. The van der Waals surface area contributed by atoms with E-state index in [0.29, 0.717) is 11.1 Å². The van der Waals surface area contributed by atoms with Crippen molar-refractivity contribution in [2.24, 2.45) is 0 Å². The van der Waals surface area contributed by atoms with Crippen LogP contribution >= 0.6 is 0 Å². The number of hydrogen-bond acceptors (Lipinski definition) is 4. The molecule has 1 aromatic carbocycles. The lowest BCUT2D eigenvalue weighted by atomic mass is 10.0. The third-order valence-corrected chi connectivity index (χ3v) is 2.72. The Morgan fingerprint density at radius 1 is 1.24 bits per heavy atom. The smallest absolute Gasteiger partial charge is 0.293 e. The van der Waals surface area contributed by atoms with Crippen molar-refractivity contribution < 1.29 is 18.0 Å². The molecule has 0 saturated heterocycles. The van der Waals surface area contributed by atoms with Crippen molar-refractivity contribution in [3.05, 3.63) is 47.2 Å². The van der Waals surface area contributed by atoms with Crippen molar-refractivity contribution in [3.8, 4) is 17.3 Å². The van der Waals surface area contributed by atoms with Crippen LogP contribution in [0, 0.1) is 11.3 Å². The third-order valence-electron chi connectivity index (χ3n) is 2.72. The SMILES string of the molecule is CC(=O)c1nnc(-c2cccc(C#N)c2)cc1C(F)(F)F. The maximum atomic E-state index is 13.0. The molecule has 0 unspecified atom stereocenters. The Bertz CT molecular complexity index is 748. The maximum absolute atomic E-state index is 13.0. The number of carbonyl (C=O) groups excluding carboxylic acids is 1. The van der Waals surface area contributed by atoms with Crippen LogP contribution in [0.4, 0.5) is 13.2 Å². The predicted molar refractivity (Wildman–Crippen MR) is 67.2 cm³/mol. The van der Waals surface area contributed by atoms with Crippen LogP contribution in [0.5, 0.6) is 0 Å². The molecule has 0 aliphatic carbocycles. The predicted octanol–water partition coefficient (Wildman–Crippen LogP) is 3.24. The van der Waals surface area contributed by atoms with Crippen LogP contribution in [0.3, 0.4) is 0 Å². The Hall–Kier alpha value is -2.75. The summed E-state index contributed by atoms with van der Waals surface area (Å²) in [5, 5.41) is 15.8. The maximum Gasteiger partial charge on any atom is 0.418 e. The molecule has 2 aromatic rings. The molecule has 0 atom stereocenters. The van der Waals surface area contributed by atoms with Crippen molar-refractivity contribution in [1.29, 1.82) is 5.26 Å². The molecule has 0 bridgehead atoms. The van der Waals surface area contributed by atoms with Gasteiger partial charge in [0.15, 0.2) is 5.78 Å². The molecule has 0 amide bonds. The first kappa shape index (κ1) is 14.7. The van der Waals surface area contributed by atoms with Crippen LogP contribution in [0.25, 0.3) is 11.3 Å². The second kappa shape index (κ2) is 5.32. The van der Waals surface area contributed by atoms with E-state index in [0.717, 1.165) is 13.0 Å². The minimum absolute atomic E-state index is 0.0515. The molecule has 2 rings (SSSR count). The van der Waals surface area contributed by atoms with Crippen LogP contribution in [0.1, 0.15) is 28.5 Å². The first-order chi connectivity index (χ1) is 9.82. The zero-order valence-corrected chi connectivity index (χ0v) is 10.8. The summed E-state index contributed by atoms with van der Waals surface area (Å²) in [6, 6.07) is 8.61. The van der Waals surface area contributed by atoms with Crippen molar-refractivity contribution in [1.82, 2.24) is 10.2 Å². The second-order valence-corrected chi connectivity index (χ2v) is 4.24. The quantitative estimate of drug-likeness (QED) is 0.797. The van der Waals surface area contributed by atoms with Gasteiger partial charge >= 0.3 is 6.18 Å². The van der Waals surface area contributed by atoms with Gasteiger partial charge in [0.05, 0.1) is 22.9 Å². The Morgan fingerprint density at radius 3 is 2.52 bits per heavy atom. The molecule has 0 aliphatic heterocycles. The lowest BCUT2D eigenvalue weighted by Gasteiger charge is -2.11. The molecule has 0 saturated carbocycles. The Balaban J connectivity index is 2.62. The molecule has 0 fully saturated rings. The lowest BCUT2D eigenvalue weighted by molar-refractivity contribution is -0.138. The van der Waals surface area contributed by atoms with Crippen LogP contribution in [0.15, 0.2) is 30.3 Å². The minimum Gasteiger partial charge on any atom is -0.293 e. The highest BCUT2D eigenvalue weighted by Crippen LogP contribution is 2.33. The largest absolute Gasteiger partial charge is 0.418 e. The van der Waals surface area contributed by atoms with E-state index in [9.17, 15) is 18.0 Å². The highest BCUT2D eigenvalue weighted by Gasteiger charge is 2.36. The summed E-state index contributed by atoms with van der Waals surface area (Å²) in [5.41, 5.74) is -1.30. The summed E-state index contributed by atoms with van der Waals surface area (Å²) in [6.07, 6.45) is -4.71. The number of nitrogens with zero attached hydrogens (tertiary/aromatic N) is 3. The first-order valence-electron chi connectivity index (χ1n) is 5.79. The highest BCUT2D eigenvalue weighted by molar-refractivity contribution is 5.93. The minimum atomic E-state index is -4.71. The normalized spacial score (nSPS) is 11.0. The van der Waals surface area contributed by atoms with Crippen LogP contribution in [0.2, 0.25) is 0 Å². The van der Waals surface area contributed by atoms with Gasteiger partial charge in [-0.3, -0.25) is 4.79 Å². The van der Waals surface area contributed by atoms with E-state index in [1.54, 1.807) is 0 Å². The fraction of sp³-hybridized carbons (Fsp3) is 0.143. The molecule has 0 N–H and O–H groups in total. The van der Waals surface area contributed by atoms with Gasteiger partial charge < -0.3 is 0 Å². The molecular formula is C14H8F3N3O. The fourth-order valence-corrected chi connectivity index (χ4v) is 1.76. The van der Waals surface area contributed by atoms with Gasteiger partial charge in [-0.25, -0.2) is 0 Å². The van der Waals surface area contributed by atoms with Gasteiger partial charge in [-0.05, 0) is 18.2 Å². The molecular weight excluding hydrogens is 283 g/mol. The first-order valence-corrected chi connectivity index (χ1v) is 5.79. The van der Waals surface area contributed by atoms with Crippen LogP contribution < -0.4 is 0 Å². The summed E-state index contributed by atoms with van der Waals surface area (Å²) >= 11 is 0. The van der Waals surface area contributed by atoms with Crippen molar-refractivity contribution in [2.75, 3.05) is 0 Å². The molecule has 21 heavy (non-hydrogen) atoms. The summed E-state index contributed by atoms with van der Waals surface area (Å²) in [4.78, 5) is 11.2. The van der Waals surface area contributed by atoms with E-state index in [4.69, 9.17) is 5.26 Å². The van der Waals surface area contributed by atoms with E-state index in [-0.39, 0.29) is 5.69 Å². The van der Waals surface area contributed by atoms with E-state index in [1.165, 1.54) is 24.3 Å². The molecule has 1 aromatic heterocycles. The number of benzene rings is 1. The van der Waals surface area contributed by atoms with Gasteiger partial charge in [-0.15, -0.1) is 10.2 Å². The third kappa shape index (κ3) is 3.05. The zero-order chi connectivity index (χ0) is 15.6. The molecule has 0 radical (unpaired) electrons. The lowest BCUT2D eigenvalue weighted by Crippen LogP contribution is -2.15. The van der Waals surface area contributed by atoms with Gasteiger partial charge in [0.2, 0.25) is 0 Å². The molecule has 106 valence electrons. The second-order valence-electron chi connectivity index (χ2n) is 4.24. The zero-order valence-electron chi connectivity index (χ0n) is 10.8. The number of nitriles is 1. The van der Waals surface area contributed by atoms with Crippen molar-refractivity contribution in [2.45, 2.75) is 13.1 Å². The number of halogens is 3. The Labute approximate surface area is 117 Å². The van der Waals surface area contributed by atoms with Crippen molar-refractivity contribution in [3.63, 3.8) is 0 Å². The van der Waals surface area contributed by atoms with Gasteiger partial charge in [0.25, 0.3) is 0 Å². The summed E-state index contributed by atoms with van der Waals surface area (Å²) < 4.78 is 38.9. The number of aromatic nitrogens is 2. The highest BCUT2D eigenvalue weighted by atomic mass is 19.4. The van der Waals surface area contributed by atoms with Crippen LogP contribution in [-0.2, 0) is 6.18 Å². The number of Topliss-reactive ketones (excluding diaryl/α,β-unsaturated/α-hetero) is 1.